The first-order chi connectivity index (χ1) is 4.63. The van der Waals surface area contributed by atoms with E-state index < -0.39 is 24.3 Å². The Morgan fingerprint density at radius 1 is 1.55 bits per heavy atom. The van der Waals surface area contributed by atoms with E-state index in [1.54, 1.807) is 0 Å². The van der Waals surface area contributed by atoms with E-state index in [1.165, 1.54) is 0 Å². The Bertz CT molecular complexity index is 157. The molecule has 1 amide bonds. The lowest BCUT2D eigenvalue weighted by Gasteiger charge is -2.05. The van der Waals surface area contributed by atoms with Crippen LogP contribution >= 0.6 is 12.4 Å². The number of hydrogen-bond acceptors (Lipinski definition) is 2. The van der Waals surface area contributed by atoms with Gasteiger partial charge in [0.1, 0.15) is 0 Å². The number of hydrogen-bond donors (Lipinski definition) is 2. The lowest BCUT2D eigenvalue weighted by molar-refractivity contribution is -0.123. The van der Waals surface area contributed by atoms with Crippen LogP contribution in [0.1, 0.15) is 0 Å². The molecule has 1 fully saturated rings. The van der Waals surface area contributed by atoms with E-state index in [-0.39, 0.29) is 19.0 Å². The SMILES string of the molecule is Cl.NC(=O)C1CNC(F)C1F. The highest BCUT2D eigenvalue weighted by molar-refractivity contribution is 5.85. The van der Waals surface area contributed by atoms with E-state index in [1.807, 2.05) is 0 Å². The summed E-state index contributed by atoms with van der Waals surface area (Å²) in [5, 5.41) is 2.16. The lowest BCUT2D eigenvalue weighted by atomic mass is 10.1. The third kappa shape index (κ3) is 2.00. The molecule has 0 aromatic heterocycles. The second-order valence-corrected chi connectivity index (χ2v) is 2.26. The quantitative estimate of drug-likeness (QED) is 0.555. The maximum absolute atomic E-state index is 12.5. The fourth-order valence-corrected chi connectivity index (χ4v) is 0.926. The average Bonchev–Trinajstić information content (AvgIpc) is 2.14. The zero-order chi connectivity index (χ0) is 7.72. The molecular formula is C5H9ClF2N2O. The Balaban J connectivity index is 0.000001000. The second kappa shape index (κ2) is 3.82. The highest BCUT2D eigenvalue weighted by atomic mass is 35.5. The molecule has 0 aliphatic carbocycles. The van der Waals surface area contributed by atoms with E-state index in [9.17, 15) is 13.6 Å². The van der Waals surface area contributed by atoms with Gasteiger partial charge in [0.2, 0.25) is 5.91 Å². The van der Waals surface area contributed by atoms with Crippen LogP contribution < -0.4 is 11.1 Å². The Morgan fingerprint density at radius 3 is 2.27 bits per heavy atom. The van der Waals surface area contributed by atoms with Crippen molar-refractivity contribution in [3.63, 3.8) is 0 Å². The van der Waals surface area contributed by atoms with Gasteiger partial charge in [-0.2, -0.15) is 0 Å². The number of primary amides is 1. The molecule has 3 nitrogen and oxygen atoms in total. The minimum absolute atomic E-state index is 0. The number of nitrogens with two attached hydrogens (primary N) is 1. The van der Waals surface area contributed by atoms with Crippen molar-refractivity contribution in [2.75, 3.05) is 6.54 Å². The molecule has 3 atom stereocenters. The van der Waals surface area contributed by atoms with Gasteiger partial charge in [-0.1, -0.05) is 0 Å². The van der Waals surface area contributed by atoms with Crippen molar-refractivity contribution < 1.29 is 13.6 Å². The number of halogens is 3. The molecule has 0 saturated carbocycles. The molecule has 1 aliphatic heterocycles. The molecule has 0 radical (unpaired) electrons. The van der Waals surface area contributed by atoms with Crippen LogP contribution in [0.3, 0.4) is 0 Å². The number of nitrogens with one attached hydrogen (secondary N) is 1. The fraction of sp³-hybridized carbons (Fsp3) is 0.800. The average molecular weight is 187 g/mol. The van der Waals surface area contributed by atoms with Gasteiger partial charge in [0.15, 0.2) is 12.5 Å². The van der Waals surface area contributed by atoms with Crippen molar-refractivity contribution in [1.29, 1.82) is 0 Å². The Kier molecular flexibility index (Phi) is 3.68. The van der Waals surface area contributed by atoms with Crippen LogP contribution in [0.15, 0.2) is 0 Å². The monoisotopic (exact) mass is 186 g/mol. The summed E-state index contributed by atoms with van der Waals surface area (Å²) in [4.78, 5) is 10.3. The van der Waals surface area contributed by atoms with Gasteiger partial charge in [0, 0.05) is 6.54 Å². The highest BCUT2D eigenvalue weighted by Crippen LogP contribution is 2.18. The predicted octanol–water partition coefficient (Wildman–Crippen LogP) is -0.253. The smallest absolute Gasteiger partial charge is 0.224 e. The first-order valence-corrected chi connectivity index (χ1v) is 2.94. The summed E-state index contributed by atoms with van der Waals surface area (Å²) in [6, 6.07) is 0. The van der Waals surface area contributed by atoms with Gasteiger partial charge in [-0.3, -0.25) is 10.1 Å². The maximum atomic E-state index is 12.5. The van der Waals surface area contributed by atoms with Crippen molar-refractivity contribution in [3.8, 4) is 0 Å². The first kappa shape index (κ1) is 10.6. The molecule has 0 aromatic rings. The summed E-state index contributed by atoms with van der Waals surface area (Å²) in [6.07, 6.45) is -3.52. The van der Waals surface area contributed by atoms with Gasteiger partial charge in [-0.05, 0) is 0 Å². The number of carbonyl (C=O) groups is 1. The van der Waals surface area contributed by atoms with Crippen LogP contribution in [0.25, 0.3) is 0 Å². The van der Waals surface area contributed by atoms with E-state index in [4.69, 9.17) is 5.73 Å². The number of alkyl halides is 2. The summed E-state index contributed by atoms with van der Waals surface area (Å²) >= 11 is 0. The molecule has 1 saturated heterocycles. The Labute approximate surface area is 68.7 Å². The van der Waals surface area contributed by atoms with Crippen LogP contribution in [0.4, 0.5) is 8.78 Å². The molecular weight excluding hydrogens is 178 g/mol. The van der Waals surface area contributed by atoms with E-state index in [0.717, 1.165) is 0 Å². The first-order valence-electron chi connectivity index (χ1n) is 2.94. The molecule has 0 spiro atoms. The topological polar surface area (TPSA) is 55.1 Å². The number of amides is 1. The molecule has 3 N–H and O–H groups in total. The van der Waals surface area contributed by atoms with E-state index >= 15 is 0 Å². The molecule has 1 heterocycles. The van der Waals surface area contributed by atoms with Gasteiger partial charge in [0.05, 0.1) is 5.92 Å². The van der Waals surface area contributed by atoms with Gasteiger partial charge in [-0.15, -0.1) is 12.4 Å². The van der Waals surface area contributed by atoms with Crippen molar-refractivity contribution in [2.45, 2.75) is 12.5 Å². The minimum Gasteiger partial charge on any atom is -0.369 e. The molecule has 1 aliphatic rings. The van der Waals surface area contributed by atoms with Crippen LogP contribution in [-0.4, -0.2) is 24.9 Å². The van der Waals surface area contributed by atoms with Crippen LogP contribution in [0, 0.1) is 5.92 Å². The van der Waals surface area contributed by atoms with Gasteiger partial charge < -0.3 is 5.73 Å². The standard InChI is InChI=1S/C5H8F2N2O.ClH/c6-3-2(5(8)10)1-9-4(3)7;/h2-4,9H,1H2,(H2,8,10);1H. The molecule has 3 unspecified atom stereocenters. The number of rotatable bonds is 1. The molecule has 0 bridgehead atoms. The summed E-state index contributed by atoms with van der Waals surface area (Å²) in [7, 11) is 0. The van der Waals surface area contributed by atoms with E-state index in [0.29, 0.717) is 0 Å². The van der Waals surface area contributed by atoms with Crippen molar-refractivity contribution >= 4 is 18.3 Å². The maximum Gasteiger partial charge on any atom is 0.224 e. The zero-order valence-corrected chi connectivity index (χ0v) is 6.41. The molecule has 66 valence electrons. The van der Waals surface area contributed by atoms with Gasteiger partial charge >= 0.3 is 0 Å². The summed E-state index contributed by atoms with van der Waals surface area (Å²) in [5.74, 6) is -1.80. The molecule has 1 rings (SSSR count). The lowest BCUT2D eigenvalue weighted by Crippen LogP contribution is -2.31. The van der Waals surface area contributed by atoms with Crippen LogP contribution in [-0.2, 0) is 4.79 Å². The summed E-state index contributed by atoms with van der Waals surface area (Å²) < 4.78 is 24.7. The van der Waals surface area contributed by atoms with Crippen molar-refractivity contribution in [2.24, 2.45) is 11.7 Å². The highest BCUT2D eigenvalue weighted by Gasteiger charge is 2.39. The second-order valence-electron chi connectivity index (χ2n) is 2.26. The predicted molar refractivity (Wildman–Crippen MR) is 37.7 cm³/mol. The van der Waals surface area contributed by atoms with Crippen molar-refractivity contribution in [3.05, 3.63) is 0 Å². The largest absolute Gasteiger partial charge is 0.369 e. The third-order valence-electron chi connectivity index (χ3n) is 1.56. The zero-order valence-electron chi connectivity index (χ0n) is 5.59. The Morgan fingerprint density at radius 2 is 2.09 bits per heavy atom. The van der Waals surface area contributed by atoms with Crippen LogP contribution in [0.2, 0.25) is 0 Å². The number of carbonyl (C=O) groups excluding carboxylic acids is 1. The summed E-state index contributed by atoms with van der Waals surface area (Å²) in [6.45, 7) is -0.00231. The normalized spacial score (nSPS) is 36.4. The summed E-state index contributed by atoms with van der Waals surface area (Å²) in [5.41, 5.74) is 4.76. The fourth-order valence-electron chi connectivity index (χ4n) is 0.926. The Hall–Kier alpha value is -0.420. The van der Waals surface area contributed by atoms with Gasteiger partial charge in [-0.25, -0.2) is 8.78 Å². The third-order valence-corrected chi connectivity index (χ3v) is 1.56. The van der Waals surface area contributed by atoms with E-state index in [2.05, 4.69) is 5.32 Å². The van der Waals surface area contributed by atoms with Crippen LogP contribution in [0.5, 0.6) is 0 Å². The molecule has 11 heavy (non-hydrogen) atoms. The molecule has 6 heteroatoms. The minimum atomic E-state index is -1.78. The molecule has 0 aromatic carbocycles. The van der Waals surface area contributed by atoms with Crippen molar-refractivity contribution in [1.82, 2.24) is 5.32 Å². The van der Waals surface area contributed by atoms with Gasteiger partial charge in [0.25, 0.3) is 0 Å².